The first-order valence-corrected chi connectivity index (χ1v) is 8.73. The van der Waals surface area contributed by atoms with Gasteiger partial charge in [0.25, 0.3) is 0 Å². The van der Waals surface area contributed by atoms with Crippen molar-refractivity contribution in [3.8, 4) is 0 Å². The molecule has 1 heterocycles. The van der Waals surface area contributed by atoms with Gasteiger partial charge in [-0.05, 0) is 19.3 Å². The highest BCUT2D eigenvalue weighted by atomic mass is 32.2. The van der Waals surface area contributed by atoms with Crippen LogP contribution in [-0.4, -0.2) is 57.5 Å². The van der Waals surface area contributed by atoms with E-state index in [1.54, 1.807) is 6.92 Å². The van der Waals surface area contributed by atoms with Crippen molar-refractivity contribution in [3.05, 3.63) is 0 Å². The van der Waals surface area contributed by atoms with E-state index in [1.165, 1.54) is 0 Å². The van der Waals surface area contributed by atoms with Crippen molar-refractivity contribution in [2.75, 3.05) is 32.8 Å². The Morgan fingerprint density at radius 1 is 1.21 bits per heavy atom. The molecular formula is C13H28N2O3S. The number of nitrogens with one attached hydrogen (secondary N) is 1. The number of hydrogen-bond acceptors (Lipinski definition) is 4. The molecule has 0 aromatic rings. The zero-order valence-corrected chi connectivity index (χ0v) is 13.4. The van der Waals surface area contributed by atoms with Crippen LogP contribution in [0.1, 0.15) is 34.1 Å². The molecule has 0 unspecified atom stereocenters. The highest BCUT2D eigenvalue weighted by Gasteiger charge is 2.26. The molecule has 6 heteroatoms. The van der Waals surface area contributed by atoms with Crippen LogP contribution in [0.2, 0.25) is 0 Å². The minimum absolute atomic E-state index is 0.239. The summed E-state index contributed by atoms with van der Waals surface area (Å²) in [5, 5.41) is -0.329. The van der Waals surface area contributed by atoms with Crippen molar-refractivity contribution in [3.63, 3.8) is 0 Å². The van der Waals surface area contributed by atoms with Crippen LogP contribution in [0.25, 0.3) is 0 Å². The molecule has 0 bridgehead atoms. The van der Waals surface area contributed by atoms with E-state index in [9.17, 15) is 8.42 Å². The van der Waals surface area contributed by atoms with Crippen LogP contribution in [0.15, 0.2) is 0 Å². The number of rotatable bonds is 7. The second-order valence-corrected chi connectivity index (χ2v) is 7.76. The third-order valence-electron chi connectivity index (χ3n) is 3.88. The van der Waals surface area contributed by atoms with E-state index < -0.39 is 10.0 Å². The summed E-state index contributed by atoms with van der Waals surface area (Å²) in [5.74, 6) is 0.415. The van der Waals surface area contributed by atoms with Crippen molar-refractivity contribution >= 4 is 10.0 Å². The maximum Gasteiger partial charge on any atom is 0.214 e. The van der Waals surface area contributed by atoms with Gasteiger partial charge in [0.15, 0.2) is 0 Å². The third-order valence-corrected chi connectivity index (χ3v) is 5.84. The average molecular weight is 292 g/mol. The average Bonchev–Trinajstić information content (AvgIpc) is 2.38. The Balaban J connectivity index is 2.59. The first-order chi connectivity index (χ1) is 8.88. The lowest BCUT2D eigenvalue weighted by Gasteiger charge is -2.37. The summed E-state index contributed by atoms with van der Waals surface area (Å²) in [5.41, 5.74) is 0. The number of nitrogens with zero attached hydrogens (tertiary/aromatic N) is 1. The molecule has 1 rings (SSSR count). The molecule has 0 saturated carbocycles. The van der Waals surface area contributed by atoms with Crippen LogP contribution >= 0.6 is 0 Å². The monoisotopic (exact) mass is 292 g/mol. The number of sulfonamides is 1. The number of ether oxygens (including phenoxy) is 1. The Hall–Kier alpha value is -0.170. The van der Waals surface area contributed by atoms with Gasteiger partial charge >= 0.3 is 0 Å². The Morgan fingerprint density at radius 2 is 1.79 bits per heavy atom. The van der Waals surface area contributed by atoms with Gasteiger partial charge in [-0.15, -0.1) is 0 Å². The Bertz CT molecular complexity index is 351. The summed E-state index contributed by atoms with van der Waals surface area (Å²) in [6.45, 7) is 11.7. The van der Waals surface area contributed by atoms with E-state index in [2.05, 4.69) is 23.5 Å². The van der Waals surface area contributed by atoms with Gasteiger partial charge in [0, 0.05) is 25.7 Å². The molecule has 2 atom stereocenters. The van der Waals surface area contributed by atoms with E-state index in [-0.39, 0.29) is 11.3 Å². The fourth-order valence-electron chi connectivity index (χ4n) is 2.26. The van der Waals surface area contributed by atoms with Crippen LogP contribution in [0, 0.1) is 5.92 Å². The van der Waals surface area contributed by atoms with Crippen molar-refractivity contribution in [1.29, 1.82) is 0 Å². The molecule has 114 valence electrons. The van der Waals surface area contributed by atoms with Crippen LogP contribution in [-0.2, 0) is 14.8 Å². The summed E-state index contributed by atoms with van der Waals surface area (Å²) in [7, 11) is -3.19. The summed E-state index contributed by atoms with van der Waals surface area (Å²) in [6, 6.07) is 0.239. The lowest BCUT2D eigenvalue weighted by Crippen LogP contribution is -2.51. The number of morpholine rings is 1. The molecule has 1 aliphatic heterocycles. The Labute approximate surface area is 117 Å². The minimum Gasteiger partial charge on any atom is -0.379 e. The van der Waals surface area contributed by atoms with Gasteiger partial charge < -0.3 is 4.74 Å². The highest BCUT2D eigenvalue weighted by molar-refractivity contribution is 7.90. The maximum atomic E-state index is 12.0. The summed E-state index contributed by atoms with van der Waals surface area (Å²) >= 11 is 0. The van der Waals surface area contributed by atoms with Gasteiger partial charge in [0.1, 0.15) is 0 Å². The molecule has 0 spiro atoms. The van der Waals surface area contributed by atoms with E-state index in [0.29, 0.717) is 18.9 Å². The predicted octanol–water partition coefficient (Wildman–Crippen LogP) is 1.06. The predicted molar refractivity (Wildman–Crippen MR) is 77.7 cm³/mol. The molecule has 1 fully saturated rings. The Morgan fingerprint density at radius 3 is 2.26 bits per heavy atom. The molecule has 1 saturated heterocycles. The van der Waals surface area contributed by atoms with Crippen molar-refractivity contribution < 1.29 is 13.2 Å². The standard InChI is InChI=1S/C13H28N2O3S/c1-5-12(4)19(16,17)14-10-13(11(2)3)15-6-8-18-9-7-15/h11-14H,5-10H2,1-4H3/t12-,13+/m1/s1. The smallest absolute Gasteiger partial charge is 0.214 e. The van der Waals surface area contributed by atoms with Gasteiger partial charge in [-0.3, -0.25) is 4.90 Å². The van der Waals surface area contributed by atoms with E-state index in [1.807, 2.05) is 6.92 Å². The molecule has 0 aromatic heterocycles. The van der Waals surface area contributed by atoms with Crippen LogP contribution in [0.5, 0.6) is 0 Å². The Kier molecular flexibility index (Phi) is 6.73. The molecular weight excluding hydrogens is 264 g/mol. The first kappa shape index (κ1) is 16.9. The van der Waals surface area contributed by atoms with Crippen molar-refractivity contribution in [2.24, 2.45) is 5.92 Å². The second kappa shape index (κ2) is 7.57. The van der Waals surface area contributed by atoms with Gasteiger partial charge in [-0.2, -0.15) is 0 Å². The SMILES string of the molecule is CC[C@@H](C)S(=O)(=O)NC[C@@H](C(C)C)N1CCOCC1. The van der Waals surface area contributed by atoms with Gasteiger partial charge in [0.05, 0.1) is 18.5 Å². The van der Waals surface area contributed by atoms with Gasteiger partial charge in [-0.1, -0.05) is 20.8 Å². The van der Waals surface area contributed by atoms with E-state index >= 15 is 0 Å². The lowest BCUT2D eigenvalue weighted by molar-refractivity contribution is 0.00775. The van der Waals surface area contributed by atoms with Crippen LogP contribution < -0.4 is 4.72 Å². The summed E-state index contributed by atoms with van der Waals surface area (Å²) in [6.07, 6.45) is 0.638. The summed E-state index contributed by atoms with van der Waals surface area (Å²) in [4.78, 5) is 2.33. The molecule has 0 aromatic carbocycles. The number of hydrogen-bond donors (Lipinski definition) is 1. The molecule has 0 aliphatic carbocycles. The van der Waals surface area contributed by atoms with Crippen LogP contribution in [0.3, 0.4) is 0 Å². The quantitative estimate of drug-likeness (QED) is 0.762. The largest absolute Gasteiger partial charge is 0.379 e. The van der Waals surface area contributed by atoms with Crippen molar-refractivity contribution in [2.45, 2.75) is 45.4 Å². The van der Waals surface area contributed by atoms with E-state index in [4.69, 9.17) is 4.74 Å². The molecule has 0 amide bonds. The first-order valence-electron chi connectivity index (χ1n) is 7.18. The molecule has 1 N–H and O–H groups in total. The fourth-order valence-corrected chi connectivity index (χ4v) is 3.39. The zero-order valence-electron chi connectivity index (χ0n) is 12.6. The molecule has 0 radical (unpaired) electrons. The summed E-state index contributed by atoms with van der Waals surface area (Å²) < 4.78 is 32.2. The van der Waals surface area contributed by atoms with Gasteiger partial charge in [-0.25, -0.2) is 13.1 Å². The maximum absolute atomic E-state index is 12.0. The lowest BCUT2D eigenvalue weighted by atomic mass is 10.0. The minimum atomic E-state index is -3.19. The van der Waals surface area contributed by atoms with Crippen molar-refractivity contribution in [1.82, 2.24) is 9.62 Å². The highest BCUT2D eigenvalue weighted by Crippen LogP contribution is 2.13. The zero-order chi connectivity index (χ0) is 14.5. The second-order valence-electron chi connectivity index (χ2n) is 5.57. The molecule has 5 nitrogen and oxygen atoms in total. The molecule has 1 aliphatic rings. The molecule has 19 heavy (non-hydrogen) atoms. The normalized spacial score (nSPS) is 21.5. The van der Waals surface area contributed by atoms with E-state index in [0.717, 1.165) is 26.3 Å². The fraction of sp³-hybridized carbons (Fsp3) is 1.00. The topological polar surface area (TPSA) is 58.6 Å². The third kappa shape index (κ3) is 5.02. The van der Waals surface area contributed by atoms with Gasteiger partial charge in [0.2, 0.25) is 10.0 Å². The van der Waals surface area contributed by atoms with Crippen LogP contribution in [0.4, 0.5) is 0 Å².